The number of nitrogens with zero attached hydrogens (tertiary/aromatic N) is 3. The molecule has 18 heavy (non-hydrogen) atoms. The Balaban J connectivity index is 2.12. The van der Waals surface area contributed by atoms with E-state index in [4.69, 9.17) is 5.84 Å². The number of fused-ring (bicyclic) bond motifs is 1. The Kier molecular flexibility index (Phi) is 2.83. The number of thiophene rings is 1. The number of anilines is 2. The van der Waals surface area contributed by atoms with Crippen LogP contribution in [-0.4, -0.2) is 22.6 Å². The first-order valence-corrected chi connectivity index (χ1v) is 7.05. The third kappa shape index (κ3) is 1.81. The second-order valence-corrected chi connectivity index (χ2v) is 5.89. The fraction of sp³-hybridized carbons (Fsp3) is 0.500. The molecule has 3 heterocycles. The highest BCUT2D eigenvalue weighted by Crippen LogP contribution is 2.34. The Labute approximate surface area is 110 Å². The summed E-state index contributed by atoms with van der Waals surface area (Å²) in [6, 6.07) is 2.61. The maximum Gasteiger partial charge on any atom is 0.240 e. The van der Waals surface area contributed by atoms with Crippen molar-refractivity contribution >= 4 is 33.3 Å². The van der Waals surface area contributed by atoms with Crippen molar-refractivity contribution in [2.75, 3.05) is 16.9 Å². The molecule has 2 atom stereocenters. The SMILES string of the molecule is CC1CC(C)N(c2nc(NN)nc3sccc23)C1. The van der Waals surface area contributed by atoms with Crippen molar-refractivity contribution in [2.24, 2.45) is 11.8 Å². The lowest BCUT2D eigenvalue weighted by molar-refractivity contribution is 0.625. The van der Waals surface area contributed by atoms with Crippen LogP contribution in [0.2, 0.25) is 0 Å². The lowest BCUT2D eigenvalue weighted by atomic mass is 10.1. The van der Waals surface area contributed by atoms with Crippen LogP contribution in [0.25, 0.3) is 10.2 Å². The fourth-order valence-corrected chi connectivity index (χ4v) is 3.48. The number of rotatable bonds is 2. The summed E-state index contributed by atoms with van der Waals surface area (Å²) >= 11 is 1.62. The van der Waals surface area contributed by atoms with Gasteiger partial charge in [-0.25, -0.2) is 10.8 Å². The molecule has 0 spiro atoms. The van der Waals surface area contributed by atoms with Gasteiger partial charge in [-0.15, -0.1) is 11.3 Å². The van der Waals surface area contributed by atoms with Crippen LogP contribution in [0, 0.1) is 5.92 Å². The first-order valence-electron chi connectivity index (χ1n) is 6.17. The van der Waals surface area contributed by atoms with Crippen molar-refractivity contribution < 1.29 is 0 Å². The molecule has 2 unspecified atom stereocenters. The Morgan fingerprint density at radius 1 is 1.44 bits per heavy atom. The van der Waals surface area contributed by atoms with Crippen molar-refractivity contribution in [3.05, 3.63) is 11.4 Å². The lowest BCUT2D eigenvalue weighted by Gasteiger charge is -2.23. The maximum absolute atomic E-state index is 5.45. The van der Waals surface area contributed by atoms with Crippen LogP contribution in [0.1, 0.15) is 20.3 Å². The van der Waals surface area contributed by atoms with Crippen LogP contribution in [0.5, 0.6) is 0 Å². The van der Waals surface area contributed by atoms with Gasteiger partial charge in [0, 0.05) is 12.6 Å². The molecule has 0 aromatic carbocycles. The highest BCUT2D eigenvalue weighted by Gasteiger charge is 2.29. The number of hydrogen-bond donors (Lipinski definition) is 2. The van der Waals surface area contributed by atoms with Crippen molar-refractivity contribution in [1.29, 1.82) is 0 Å². The number of nitrogens with one attached hydrogen (secondary N) is 1. The van der Waals surface area contributed by atoms with Gasteiger partial charge < -0.3 is 4.90 Å². The number of aromatic nitrogens is 2. The standard InChI is InChI=1S/C12H17N5S/c1-7-5-8(2)17(6-7)10-9-3-4-18-11(9)15-12(14-10)16-13/h3-4,7-8H,5-6,13H2,1-2H3,(H,14,15,16). The number of nitrogens with two attached hydrogens (primary N) is 1. The van der Waals surface area contributed by atoms with E-state index in [0.717, 1.165) is 22.6 Å². The van der Waals surface area contributed by atoms with Gasteiger partial charge in [-0.05, 0) is 30.7 Å². The van der Waals surface area contributed by atoms with Crippen LogP contribution in [0.15, 0.2) is 11.4 Å². The maximum atomic E-state index is 5.45. The largest absolute Gasteiger partial charge is 0.353 e. The minimum absolute atomic E-state index is 0.492. The Morgan fingerprint density at radius 2 is 2.28 bits per heavy atom. The quantitative estimate of drug-likeness (QED) is 0.642. The molecule has 5 nitrogen and oxygen atoms in total. The van der Waals surface area contributed by atoms with E-state index in [1.807, 2.05) is 5.38 Å². The minimum Gasteiger partial charge on any atom is -0.353 e. The Hall–Kier alpha value is -1.40. The van der Waals surface area contributed by atoms with E-state index >= 15 is 0 Å². The molecule has 2 aromatic heterocycles. The predicted octanol–water partition coefficient (Wildman–Crippen LogP) is 2.21. The topological polar surface area (TPSA) is 67.1 Å². The van der Waals surface area contributed by atoms with E-state index in [-0.39, 0.29) is 0 Å². The monoisotopic (exact) mass is 263 g/mol. The van der Waals surface area contributed by atoms with Gasteiger partial charge in [0.2, 0.25) is 5.95 Å². The minimum atomic E-state index is 0.492. The van der Waals surface area contributed by atoms with Crippen LogP contribution in [-0.2, 0) is 0 Å². The van der Waals surface area contributed by atoms with E-state index in [1.165, 1.54) is 6.42 Å². The molecule has 3 N–H and O–H groups in total. The number of nitrogen functional groups attached to an aromatic ring is 1. The summed E-state index contributed by atoms with van der Waals surface area (Å²) in [7, 11) is 0. The molecule has 1 aliphatic heterocycles. The van der Waals surface area contributed by atoms with Crippen molar-refractivity contribution in [2.45, 2.75) is 26.3 Å². The molecule has 96 valence electrons. The summed E-state index contributed by atoms with van der Waals surface area (Å²) in [4.78, 5) is 12.3. The zero-order valence-electron chi connectivity index (χ0n) is 10.6. The second-order valence-electron chi connectivity index (χ2n) is 5.00. The molecule has 0 amide bonds. The lowest BCUT2D eigenvalue weighted by Crippen LogP contribution is -2.28. The van der Waals surface area contributed by atoms with E-state index in [2.05, 4.69) is 40.2 Å². The first kappa shape index (κ1) is 11.7. The summed E-state index contributed by atoms with van der Waals surface area (Å²) < 4.78 is 0. The molecule has 3 rings (SSSR count). The summed E-state index contributed by atoms with van der Waals surface area (Å²) in [6.45, 7) is 5.58. The predicted molar refractivity (Wildman–Crippen MR) is 75.8 cm³/mol. The average molecular weight is 263 g/mol. The van der Waals surface area contributed by atoms with Crippen LogP contribution >= 0.6 is 11.3 Å². The van der Waals surface area contributed by atoms with Crippen molar-refractivity contribution in [3.8, 4) is 0 Å². The van der Waals surface area contributed by atoms with Crippen LogP contribution < -0.4 is 16.2 Å². The van der Waals surface area contributed by atoms with Crippen molar-refractivity contribution in [3.63, 3.8) is 0 Å². The molecule has 0 aliphatic carbocycles. The molecule has 0 bridgehead atoms. The van der Waals surface area contributed by atoms with Crippen LogP contribution in [0.4, 0.5) is 11.8 Å². The Bertz CT molecular complexity index is 567. The average Bonchev–Trinajstić information content (AvgIpc) is 2.94. The molecular formula is C12H17N5S. The molecule has 0 radical (unpaired) electrons. The smallest absolute Gasteiger partial charge is 0.240 e. The molecule has 2 aromatic rings. The summed E-state index contributed by atoms with van der Waals surface area (Å²) in [5.74, 6) is 7.65. The molecule has 6 heteroatoms. The molecule has 1 saturated heterocycles. The third-order valence-electron chi connectivity index (χ3n) is 3.49. The van der Waals surface area contributed by atoms with E-state index in [9.17, 15) is 0 Å². The van der Waals surface area contributed by atoms with Gasteiger partial charge in [0.1, 0.15) is 10.6 Å². The zero-order chi connectivity index (χ0) is 12.7. The fourth-order valence-electron chi connectivity index (χ4n) is 2.72. The summed E-state index contributed by atoms with van der Waals surface area (Å²) in [5, 5.41) is 3.17. The van der Waals surface area contributed by atoms with E-state index in [0.29, 0.717) is 17.9 Å². The summed E-state index contributed by atoms with van der Waals surface area (Å²) in [6.07, 6.45) is 1.21. The highest BCUT2D eigenvalue weighted by molar-refractivity contribution is 7.16. The first-order chi connectivity index (χ1) is 8.69. The van der Waals surface area contributed by atoms with E-state index < -0.39 is 0 Å². The Morgan fingerprint density at radius 3 is 2.94 bits per heavy atom. The number of hydrogen-bond acceptors (Lipinski definition) is 6. The number of hydrazine groups is 1. The van der Waals surface area contributed by atoms with Gasteiger partial charge in [-0.3, -0.25) is 5.43 Å². The third-order valence-corrected chi connectivity index (χ3v) is 4.30. The van der Waals surface area contributed by atoms with Gasteiger partial charge in [0.05, 0.1) is 5.39 Å². The molecule has 0 saturated carbocycles. The van der Waals surface area contributed by atoms with Crippen molar-refractivity contribution in [1.82, 2.24) is 9.97 Å². The second kappa shape index (κ2) is 4.37. The molecule has 1 fully saturated rings. The zero-order valence-corrected chi connectivity index (χ0v) is 11.4. The van der Waals surface area contributed by atoms with Gasteiger partial charge in [-0.1, -0.05) is 6.92 Å². The normalized spacial score (nSPS) is 23.8. The highest BCUT2D eigenvalue weighted by atomic mass is 32.1. The van der Waals surface area contributed by atoms with Gasteiger partial charge in [-0.2, -0.15) is 4.98 Å². The van der Waals surface area contributed by atoms with E-state index in [1.54, 1.807) is 11.3 Å². The van der Waals surface area contributed by atoms with Crippen LogP contribution in [0.3, 0.4) is 0 Å². The molecular weight excluding hydrogens is 246 g/mol. The summed E-state index contributed by atoms with van der Waals surface area (Å²) in [5.41, 5.74) is 2.56. The molecule has 1 aliphatic rings. The van der Waals surface area contributed by atoms with Gasteiger partial charge in [0.15, 0.2) is 0 Å². The van der Waals surface area contributed by atoms with Gasteiger partial charge in [0.25, 0.3) is 0 Å². The van der Waals surface area contributed by atoms with Gasteiger partial charge >= 0.3 is 0 Å².